The molecule has 0 radical (unpaired) electrons. The summed E-state index contributed by atoms with van der Waals surface area (Å²) in [5, 5.41) is 3.06. The Bertz CT molecular complexity index is 230. The smallest absolute Gasteiger partial charge is 0.226 e. The topological polar surface area (TPSA) is 35.6 Å². The van der Waals surface area contributed by atoms with E-state index < -0.39 is 0 Å². The average molecular weight is 264 g/mol. The minimum atomic E-state index is 0. The second-order valence-electron chi connectivity index (χ2n) is 4.94. The highest BCUT2D eigenvalue weighted by Crippen LogP contribution is 2.16. The van der Waals surface area contributed by atoms with Crippen LogP contribution >= 0.6 is 12.4 Å². The zero-order valence-corrected chi connectivity index (χ0v) is 12.2. The Morgan fingerprint density at radius 1 is 1.47 bits per heavy atom. The second-order valence-corrected chi connectivity index (χ2v) is 4.94. The fraction of sp³-hybridized carbons (Fsp3) is 0.917. The number of halogens is 1. The average Bonchev–Trinajstić information content (AvgIpc) is 2.28. The van der Waals surface area contributed by atoms with E-state index in [1.54, 1.807) is 0 Å². The monoisotopic (exact) mass is 263 g/mol. The molecule has 0 aromatic carbocycles. The lowest BCUT2D eigenvalue weighted by molar-refractivity contribution is -0.136. The maximum Gasteiger partial charge on any atom is 0.226 e. The minimum absolute atomic E-state index is 0. The molecule has 0 aromatic rings. The van der Waals surface area contributed by atoms with Crippen molar-refractivity contribution in [2.24, 2.45) is 5.92 Å². The molecule has 0 aromatic heterocycles. The van der Waals surface area contributed by atoms with Gasteiger partial charge < -0.3 is 15.1 Å². The molecular weight excluding hydrogens is 238 g/mol. The number of rotatable bonds is 4. The maximum atomic E-state index is 12.1. The Morgan fingerprint density at radius 3 is 2.47 bits per heavy atom. The lowest BCUT2D eigenvalue weighted by atomic mass is 10.0. The van der Waals surface area contributed by atoms with Crippen LogP contribution in [-0.2, 0) is 4.79 Å². The van der Waals surface area contributed by atoms with E-state index in [0.717, 1.165) is 32.5 Å². The molecule has 1 heterocycles. The number of nitrogens with one attached hydrogen (secondary N) is 1. The summed E-state index contributed by atoms with van der Waals surface area (Å²) in [6.45, 7) is 4.95. The number of likely N-dealkylation sites (tertiary alicyclic amines) is 1. The van der Waals surface area contributed by atoms with Crippen LogP contribution in [0.4, 0.5) is 0 Å². The van der Waals surface area contributed by atoms with Crippen molar-refractivity contribution in [1.82, 2.24) is 15.1 Å². The molecule has 1 aliphatic rings. The van der Waals surface area contributed by atoms with Crippen molar-refractivity contribution in [3.8, 4) is 0 Å². The van der Waals surface area contributed by atoms with Crippen molar-refractivity contribution < 1.29 is 4.79 Å². The summed E-state index contributed by atoms with van der Waals surface area (Å²) in [6.07, 6.45) is 2.20. The van der Waals surface area contributed by atoms with Gasteiger partial charge in [0.1, 0.15) is 0 Å². The van der Waals surface area contributed by atoms with E-state index in [0.29, 0.717) is 6.04 Å². The molecule has 0 bridgehead atoms. The maximum absolute atomic E-state index is 12.1. The predicted molar refractivity (Wildman–Crippen MR) is 73.6 cm³/mol. The SMILES string of the molecule is CNCC(C)C(=O)N(C)C1CCN(C)CC1.Cl. The van der Waals surface area contributed by atoms with Gasteiger partial charge >= 0.3 is 0 Å². The summed E-state index contributed by atoms with van der Waals surface area (Å²) < 4.78 is 0. The summed E-state index contributed by atoms with van der Waals surface area (Å²) in [5.41, 5.74) is 0. The summed E-state index contributed by atoms with van der Waals surface area (Å²) in [7, 11) is 5.98. The summed E-state index contributed by atoms with van der Waals surface area (Å²) in [4.78, 5) is 16.4. The van der Waals surface area contributed by atoms with Crippen LogP contribution in [0.25, 0.3) is 0 Å². The van der Waals surface area contributed by atoms with Gasteiger partial charge in [-0.2, -0.15) is 0 Å². The Hall–Kier alpha value is -0.320. The molecule has 1 fully saturated rings. The molecule has 0 aliphatic carbocycles. The van der Waals surface area contributed by atoms with Crippen LogP contribution in [0.3, 0.4) is 0 Å². The van der Waals surface area contributed by atoms with E-state index in [4.69, 9.17) is 0 Å². The van der Waals surface area contributed by atoms with Crippen molar-refractivity contribution in [3.63, 3.8) is 0 Å². The fourth-order valence-electron chi connectivity index (χ4n) is 2.30. The van der Waals surface area contributed by atoms with Crippen molar-refractivity contribution in [2.75, 3.05) is 40.8 Å². The molecule has 1 aliphatic heterocycles. The van der Waals surface area contributed by atoms with Gasteiger partial charge in [0.05, 0.1) is 0 Å². The quantitative estimate of drug-likeness (QED) is 0.816. The third-order valence-corrected chi connectivity index (χ3v) is 3.52. The standard InChI is InChI=1S/C12H25N3O.ClH/c1-10(9-13-2)12(16)15(4)11-5-7-14(3)8-6-11;/h10-11,13H,5-9H2,1-4H3;1H. The number of amides is 1. The highest BCUT2D eigenvalue weighted by Gasteiger charge is 2.26. The lowest BCUT2D eigenvalue weighted by Gasteiger charge is -2.36. The van der Waals surface area contributed by atoms with Gasteiger partial charge in [0.2, 0.25) is 5.91 Å². The summed E-state index contributed by atoms with van der Waals surface area (Å²) in [5.74, 6) is 0.346. The Labute approximate surface area is 111 Å². The number of hydrogen-bond donors (Lipinski definition) is 1. The van der Waals surface area contributed by atoms with E-state index in [-0.39, 0.29) is 24.2 Å². The molecule has 1 unspecified atom stereocenters. The van der Waals surface area contributed by atoms with E-state index in [1.165, 1.54) is 0 Å². The number of hydrogen-bond acceptors (Lipinski definition) is 3. The van der Waals surface area contributed by atoms with Crippen LogP contribution in [0.15, 0.2) is 0 Å². The molecule has 5 heteroatoms. The van der Waals surface area contributed by atoms with Crippen LogP contribution in [0.2, 0.25) is 0 Å². The molecule has 4 nitrogen and oxygen atoms in total. The molecular formula is C12H26ClN3O. The van der Waals surface area contributed by atoms with Crippen molar-refractivity contribution in [1.29, 1.82) is 0 Å². The first kappa shape index (κ1) is 16.7. The van der Waals surface area contributed by atoms with Gasteiger partial charge in [-0.25, -0.2) is 0 Å². The lowest BCUT2D eigenvalue weighted by Crippen LogP contribution is -2.47. The number of piperidine rings is 1. The third-order valence-electron chi connectivity index (χ3n) is 3.52. The Balaban J connectivity index is 0.00000256. The van der Waals surface area contributed by atoms with Crippen LogP contribution < -0.4 is 5.32 Å². The molecule has 0 spiro atoms. The van der Waals surface area contributed by atoms with Crippen LogP contribution in [-0.4, -0.2) is 62.5 Å². The predicted octanol–water partition coefficient (Wildman–Crippen LogP) is 0.816. The zero-order chi connectivity index (χ0) is 12.1. The summed E-state index contributed by atoms with van der Waals surface area (Å²) in [6, 6.07) is 0.433. The van der Waals surface area contributed by atoms with Gasteiger partial charge in [-0.15, -0.1) is 12.4 Å². The second kappa shape index (κ2) is 7.90. The zero-order valence-electron chi connectivity index (χ0n) is 11.4. The molecule has 17 heavy (non-hydrogen) atoms. The molecule has 1 saturated heterocycles. The van der Waals surface area contributed by atoms with Crippen molar-refractivity contribution in [2.45, 2.75) is 25.8 Å². The van der Waals surface area contributed by atoms with E-state index in [1.807, 2.05) is 25.9 Å². The Kier molecular flexibility index (Phi) is 7.75. The van der Waals surface area contributed by atoms with Gasteiger partial charge in [-0.05, 0) is 40.0 Å². The number of carbonyl (C=O) groups excluding carboxylic acids is 1. The normalized spacial score (nSPS) is 19.5. The van der Waals surface area contributed by atoms with Crippen molar-refractivity contribution >= 4 is 18.3 Å². The first-order valence-electron chi connectivity index (χ1n) is 6.16. The number of carbonyl (C=O) groups is 1. The molecule has 102 valence electrons. The number of nitrogens with zero attached hydrogens (tertiary/aromatic N) is 2. The Morgan fingerprint density at radius 2 is 2.00 bits per heavy atom. The largest absolute Gasteiger partial charge is 0.342 e. The van der Waals surface area contributed by atoms with Gasteiger partial charge in [0.15, 0.2) is 0 Å². The summed E-state index contributed by atoms with van der Waals surface area (Å²) >= 11 is 0. The van der Waals surface area contributed by atoms with Crippen LogP contribution in [0, 0.1) is 5.92 Å². The molecule has 1 rings (SSSR count). The fourth-order valence-corrected chi connectivity index (χ4v) is 2.30. The highest BCUT2D eigenvalue weighted by molar-refractivity contribution is 5.85. The molecule has 1 atom stereocenters. The first-order valence-corrected chi connectivity index (χ1v) is 6.16. The molecule has 0 saturated carbocycles. The van der Waals surface area contributed by atoms with Gasteiger partial charge in [0.25, 0.3) is 0 Å². The molecule has 1 amide bonds. The molecule has 1 N–H and O–H groups in total. The van der Waals surface area contributed by atoms with Crippen molar-refractivity contribution in [3.05, 3.63) is 0 Å². The van der Waals surface area contributed by atoms with Crippen LogP contribution in [0.5, 0.6) is 0 Å². The minimum Gasteiger partial charge on any atom is -0.342 e. The van der Waals surface area contributed by atoms with Gasteiger partial charge in [-0.3, -0.25) is 4.79 Å². The highest BCUT2D eigenvalue weighted by atomic mass is 35.5. The van der Waals surface area contributed by atoms with E-state index >= 15 is 0 Å². The third kappa shape index (κ3) is 4.82. The van der Waals surface area contributed by atoms with Crippen LogP contribution in [0.1, 0.15) is 19.8 Å². The van der Waals surface area contributed by atoms with Gasteiger partial charge in [0, 0.05) is 25.6 Å². The van der Waals surface area contributed by atoms with E-state index in [9.17, 15) is 4.79 Å². The first-order chi connectivity index (χ1) is 7.56. The van der Waals surface area contributed by atoms with Gasteiger partial charge in [-0.1, -0.05) is 6.92 Å². The van der Waals surface area contributed by atoms with E-state index in [2.05, 4.69) is 17.3 Å².